The lowest BCUT2D eigenvalue weighted by Crippen LogP contribution is -2.36. The molecule has 1 atom stereocenters. The van der Waals surface area contributed by atoms with Crippen LogP contribution < -0.4 is 0 Å². The topological polar surface area (TPSA) is 73.0 Å². The molecule has 0 saturated carbocycles. The van der Waals surface area contributed by atoms with Crippen molar-refractivity contribution in [1.82, 2.24) is 15.3 Å². The molecule has 0 aliphatic rings. The van der Waals surface area contributed by atoms with Gasteiger partial charge in [0.1, 0.15) is 12.6 Å². The van der Waals surface area contributed by atoms with E-state index < -0.39 is 5.60 Å². The summed E-state index contributed by atoms with van der Waals surface area (Å²) in [4.78, 5) is 14.9. The molecule has 0 spiro atoms. The van der Waals surface area contributed by atoms with Gasteiger partial charge in [-0.3, -0.25) is 4.99 Å². The lowest BCUT2D eigenvalue weighted by molar-refractivity contribution is -0.470. The van der Waals surface area contributed by atoms with E-state index in [9.17, 15) is 0 Å². The molecule has 0 radical (unpaired) electrons. The van der Waals surface area contributed by atoms with Crippen molar-refractivity contribution in [1.29, 1.82) is 0 Å². The van der Waals surface area contributed by atoms with Crippen LogP contribution in [0, 0.1) is 5.41 Å². The number of rotatable bonds is 6. The van der Waals surface area contributed by atoms with E-state index in [-0.39, 0.29) is 11.5 Å². The fraction of sp³-hybridized carbons (Fsp3) is 0.800. The van der Waals surface area contributed by atoms with Crippen molar-refractivity contribution in [2.24, 2.45) is 10.4 Å². The largest absolute Gasteiger partial charge is 0.421 e. The first-order valence-corrected chi connectivity index (χ1v) is 7.40. The highest BCUT2D eigenvalue weighted by Crippen LogP contribution is 2.37. The van der Waals surface area contributed by atoms with Gasteiger partial charge in [0.2, 0.25) is 11.8 Å². The zero-order valence-electron chi connectivity index (χ0n) is 14.9. The minimum absolute atomic E-state index is 0.187. The van der Waals surface area contributed by atoms with E-state index in [2.05, 4.69) is 36.0 Å². The average molecular weight is 312 g/mol. The summed E-state index contributed by atoms with van der Waals surface area (Å²) in [5, 5.41) is 9.76. The highest BCUT2D eigenvalue weighted by atomic mass is 17.3. The number of nitrogens with zero attached hydrogens (tertiary/aromatic N) is 4. The predicted molar refractivity (Wildman–Crippen MR) is 84.1 cm³/mol. The van der Waals surface area contributed by atoms with Crippen molar-refractivity contribution < 1.29 is 14.3 Å². The molecule has 0 fully saturated rings. The quantitative estimate of drug-likeness (QED) is 0.456. The summed E-state index contributed by atoms with van der Waals surface area (Å²) in [6, 6.07) is -0.248. The van der Waals surface area contributed by atoms with Crippen LogP contribution in [0.2, 0.25) is 0 Å². The Hall–Kier alpha value is -1.31. The summed E-state index contributed by atoms with van der Waals surface area (Å²) < 4.78 is 5.71. The van der Waals surface area contributed by atoms with Crippen LogP contribution in [0.1, 0.15) is 66.3 Å². The fourth-order valence-corrected chi connectivity index (χ4v) is 1.90. The average Bonchev–Trinajstić information content (AvgIpc) is 2.80. The van der Waals surface area contributed by atoms with Crippen molar-refractivity contribution in [3.8, 4) is 0 Å². The molecule has 0 unspecified atom stereocenters. The lowest BCUT2D eigenvalue weighted by Gasteiger charge is -2.34. The zero-order chi connectivity index (χ0) is 17.0. The third kappa shape index (κ3) is 5.82. The standard InChI is InChI=1S/C15H28N4O3/c1-9-16-10-11-17-18-13(20-11)12(14(2,3)4)19(8)22-21-15(5,6)7/h9,12H,10H2,1-8H3/t12-/m1/s1. The van der Waals surface area contributed by atoms with Crippen LogP contribution in [0.3, 0.4) is 0 Å². The molecule has 0 aliphatic heterocycles. The Balaban J connectivity index is 2.91. The third-order valence-corrected chi connectivity index (χ3v) is 2.71. The van der Waals surface area contributed by atoms with Crippen LogP contribution in [-0.2, 0) is 16.4 Å². The van der Waals surface area contributed by atoms with Crippen LogP contribution in [0.5, 0.6) is 0 Å². The first-order valence-electron chi connectivity index (χ1n) is 7.40. The normalized spacial score (nSPS) is 15.0. The second-order valence-electron chi connectivity index (χ2n) is 7.22. The first-order chi connectivity index (χ1) is 10.0. The van der Waals surface area contributed by atoms with E-state index in [4.69, 9.17) is 14.3 Å². The van der Waals surface area contributed by atoms with E-state index in [1.165, 1.54) is 0 Å². The molecule has 126 valence electrons. The summed E-state index contributed by atoms with van der Waals surface area (Å²) in [5.41, 5.74) is -0.597. The minimum atomic E-state index is -0.410. The summed E-state index contributed by atoms with van der Waals surface area (Å²) in [6.45, 7) is 14.2. The van der Waals surface area contributed by atoms with Gasteiger partial charge >= 0.3 is 0 Å². The van der Waals surface area contributed by atoms with Crippen molar-refractivity contribution in [2.75, 3.05) is 7.05 Å². The molecule has 1 heterocycles. The predicted octanol–water partition coefficient (Wildman–Crippen LogP) is 3.34. The summed E-state index contributed by atoms with van der Waals surface area (Å²) in [6.07, 6.45) is 1.71. The molecule has 22 heavy (non-hydrogen) atoms. The van der Waals surface area contributed by atoms with Gasteiger partial charge in [0.15, 0.2) is 0 Å². The molecular weight excluding hydrogens is 284 g/mol. The minimum Gasteiger partial charge on any atom is -0.421 e. The Kier molecular flexibility index (Phi) is 6.22. The number of hydroxylamine groups is 2. The van der Waals surface area contributed by atoms with Crippen LogP contribution in [0.15, 0.2) is 9.41 Å². The maximum Gasteiger partial charge on any atom is 0.237 e. The van der Waals surface area contributed by atoms with Crippen LogP contribution >= 0.6 is 0 Å². The van der Waals surface area contributed by atoms with Gasteiger partial charge in [-0.1, -0.05) is 20.8 Å². The molecule has 0 amide bonds. The Morgan fingerprint density at radius 3 is 2.36 bits per heavy atom. The van der Waals surface area contributed by atoms with Gasteiger partial charge in [-0.05, 0) is 39.3 Å². The molecule has 1 aromatic rings. The zero-order valence-corrected chi connectivity index (χ0v) is 14.9. The van der Waals surface area contributed by atoms with Crippen molar-refractivity contribution in [3.63, 3.8) is 0 Å². The van der Waals surface area contributed by atoms with Crippen molar-refractivity contribution >= 4 is 6.21 Å². The van der Waals surface area contributed by atoms with E-state index in [1.807, 2.05) is 27.7 Å². The molecule has 7 heteroatoms. The maximum absolute atomic E-state index is 5.71. The van der Waals surface area contributed by atoms with Gasteiger partial charge in [-0.25, -0.2) is 4.89 Å². The van der Waals surface area contributed by atoms with Gasteiger partial charge in [0.25, 0.3) is 0 Å². The molecule has 0 aliphatic carbocycles. The van der Waals surface area contributed by atoms with Crippen molar-refractivity contribution in [3.05, 3.63) is 11.8 Å². The van der Waals surface area contributed by atoms with Crippen LogP contribution in [0.4, 0.5) is 0 Å². The molecule has 0 aromatic carbocycles. The highest BCUT2D eigenvalue weighted by Gasteiger charge is 2.36. The van der Waals surface area contributed by atoms with Crippen LogP contribution in [0.25, 0.3) is 0 Å². The summed E-state index contributed by atoms with van der Waals surface area (Å²) >= 11 is 0. The SMILES string of the molecule is CC=NCc1nnc([C@@H](N(C)OOC(C)(C)C)C(C)(C)C)o1. The number of aliphatic imine (C=N–C) groups is 1. The van der Waals surface area contributed by atoms with Gasteiger partial charge in [0, 0.05) is 7.05 Å². The molecular formula is C15H28N4O3. The molecule has 0 saturated heterocycles. The lowest BCUT2D eigenvalue weighted by atomic mass is 9.86. The van der Waals surface area contributed by atoms with Gasteiger partial charge in [-0.15, -0.1) is 20.2 Å². The second kappa shape index (κ2) is 7.30. The molecule has 1 aromatic heterocycles. The first kappa shape index (κ1) is 18.7. The maximum atomic E-state index is 5.71. The fourth-order valence-electron chi connectivity index (χ4n) is 1.90. The Morgan fingerprint density at radius 2 is 1.86 bits per heavy atom. The van der Waals surface area contributed by atoms with Gasteiger partial charge < -0.3 is 4.42 Å². The number of aromatic nitrogens is 2. The monoisotopic (exact) mass is 312 g/mol. The smallest absolute Gasteiger partial charge is 0.237 e. The van der Waals surface area contributed by atoms with E-state index >= 15 is 0 Å². The highest BCUT2D eigenvalue weighted by molar-refractivity contribution is 5.53. The molecule has 0 N–H and O–H groups in total. The molecule has 1 rings (SSSR count). The Bertz CT molecular complexity index is 486. The molecule has 7 nitrogen and oxygen atoms in total. The van der Waals surface area contributed by atoms with E-state index in [0.29, 0.717) is 18.3 Å². The Morgan fingerprint density at radius 1 is 1.23 bits per heavy atom. The van der Waals surface area contributed by atoms with E-state index in [0.717, 1.165) is 0 Å². The molecule has 0 bridgehead atoms. The van der Waals surface area contributed by atoms with Crippen molar-refractivity contribution in [2.45, 2.75) is 66.7 Å². The summed E-state index contributed by atoms with van der Waals surface area (Å²) in [5.74, 6) is 0.960. The second-order valence-corrected chi connectivity index (χ2v) is 7.22. The summed E-state index contributed by atoms with van der Waals surface area (Å²) in [7, 11) is 1.79. The third-order valence-electron chi connectivity index (χ3n) is 2.71. The van der Waals surface area contributed by atoms with Gasteiger partial charge in [0.05, 0.1) is 5.60 Å². The van der Waals surface area contributed by atoms with Crippen LogP contribution in [-0.4, -0.2) is 34.1 Å². The Labute approximate surface area is 132 Å². The van der Waals surface area contributed by atoms with E-state index in [1.54, 1.807) is 18.3 Å². The number of hydrogen-bond acceptors (Lipinski definition) is 7. The number of hydrogen-bond donors (Lipinski definition) is 0. The van der Waals surface area contributed by atoms with Gasteiger partial charge in [-0.2, -0.15) is 0 Å².